The van der Waals surface area contributed by atoms with Crippen LogP contribution in [0.15, 0.2) is 22.3 Å². The highest BCUT2D eigenvalue weighted by atomic mass is 16.3. The lowest BCUT2D eigenvalue weighted by Crippen LogP contribution is -2.30. The topological polar surface area (TPSA) is 60.7 Å². The molecule has 0 aliphatic heterocycles. The van der Waals surface area contributed by atoms with E-state index >= 15 is 0 Å². The molecule has 1 aliphatic carbocycles. The first kappa shape index (κ1) is 29.4. The lowest BCUT2D eigenvalue weighted by Gasteiger charge is -2.32. The number of hydrogen-bond donors (Lipinski definition) is 3. The summed E-state index contributed by atoms with van der Waals surface area (Å²) in [6.07, 6.45) is 11.1. The van der Waals surface area contributed by atoms with Gasteiger partial charge >= 0.3 is 0 Å². The van der Waals surface area contributed by atoms with Gasteiger partial charge in [0, 0.05) is 0 Å². The molecular formula is C29H54O3. The smallest absolute Gasteiger partial charge is 0.0965 e. The average molecular weight is 451 g/mol. The molecule has 1 aliphatic rings. The minimum Gasteiger partial charge on any atom is -0.390 e. The van der Waals surface area contributed by atoms with Crippen LogP contribution >= 0.6 is 0 Å². The highest BCUT2D eigenvalue weighted by Crippen LogP contribution is 2.35. The maximum absolute atomic E-state index is 10.9. The summed E-state index contributed by atoms with van der Waals surface area (Å²) in [7, 11) is 0. The van der Waals surface area contributed by atoms with E-state index in [-0.39, 0.29) is 0 Å². The molecule has 0 aromatic carbocycles. The van der Waals surface area contributed by atoms with Gasteiger partial charge in [0.2, 0.25) is 0 Å². The minimum absolute atomic E-state index is 0.600. The quantitative estimate of drug-likeness (QED) is 0.229. The van der Waals surface area contributed by atoms with Crippen molar-refractivity contribution in [2.75, 3.05) is 0 Å². The molecule has 5 atom stereocenters. The normalized spacial score (nSPS) is 23.6. The third kappa shape index (κ3) is 10.1. The highest BCUT2D eigenvalue weighted by molar-refractivity contribution is 5.41. The van der Waals surface area contributed by atoms with Crippen LogP contribution in [-0.2, 0) is 0 Å². The molecule has 3 nitrogen and oxygen atoms in total. The van der Waals surface area contributed by atoms with Gasteiger partial charge in [-0.1, -0.05) is 79.1 Å². The summed E-state index contributed by atoms with van der Waals surface area (Å²) in [6.45, 7) is 17.0. The number of aliphatic hydroxyl groups is 3. The van der Waals surface area contributed by atoms with E-state index in [1.807, 2.05) is 27.7 Å². The Kier molecular flexibility index (Phi) is 12.8. The van der Waals surface area contributed by atoms with Crippen molar-refractivity contribution in [3.8, 4) is 0 Å². The molecule has 0 spiro atoms. The molecule has 0 amide bonds. The summed E-state index contributed by atoms with van der Waals surface area (Å²) in [4.78, 5) is 0. The van der Waals surface area contributed by atoms with E-state index in [0.717, 1.165) is 47.0 Å². The SMILES string of the molecule is CC1=C(C)C(O)C(CC[C@](C)(O)CCC[C@H](C)CCC[C@H](C)CCCC(C)C)=C(C)C1O. The minimum atomic E-state index is -0.729. The second kappa shape index (κ2) is 13.9. The fraction of sp³-hybridized carbons (Fsp3) is 0.862. The second-order valence-electron chi connectivity index (χ2n) is 11.7. The van der Waals surface area contributed by atoms with E-state index in [2.05, 4.69) is 27.7 Å². The Hall–Kier alpha value is -0.640. The van der Waals surface area contributed by atoms with Gasteiger partial charge in [-0.25, -0.2) is 0 Å². The van der Waals surface area contributed by atoms with Crippen LogP contribution in [0, 0.1) is 17.8 Å². The Balaban J connectivity index is 2.31. The molecule has 188 valence electrons. The van der Waals surface area contributed by atoms with Gasteiger partial charge in [-0.05, 0) is 87.0 Å². The van der Waals surface area contributed by atoms with Crippen LogP contribution in [0.5, 0.6) is 0 Å². The fourth-order valence-corrected chi connectivity index (χ4v) is 5.08. The summed E-state index contributed by atoms with van der Waals surface area (Å²) < 4.78 is 0. The van der Waals surface area contributed by atoms with Crippen LogP contribution in [0.3, 0.4) is 0 Å². The standard InChI is InChI=1S/C29H54O3/c1-20(2)12-9-13-21(3)14-10-15-22(4)16-11-18-29(8,32)19-17-26-25(7)27(30)23(5)24(6)28(26)31/h20-22,27-28,30-32H,9-19H2,1-8H3/t21-,22-,27?,28?,29-/m1/s1. The molecular weight excluding hydrogens is 396 g/mol. The third-order valence-electron chi connectivity index (χ3n) is 7.91. The van der Waals surface area contributed by atoms with Gasteiger partial charge in [-0.3, -0.25) is 0 Å². The highest BCUT2D eigenvalue weighted by Gasteiger charge is 2.30. The zero-order chi connectivity index (χ0) is 24.5. The van der Waals surface area contributed by atoms with Crippen LogP contribution in [0.25, 0.3) is 0 Å². The van der Waals surface area contributed by atoms with Crippen LogP contribution in [-0.4, -0.2) is 33.1 Å². The maximum Gasteiger partial charge on any atom is 0.0965 e. The van der Waals surface area contributed by atoms with Crippen LogP contribution in [0.1, 0.15) is 126 Å². The Labute approximate surface area is 199 Å². The maximum atomic E-state index is 10.9. The summed E-state index contributed by atoms with van der Waals surface area (Å²) in [5.41, 5.74) is 2.71. The van der Waals surface area contributed by atoms with Crippen LogP contribution < -0.4 is 0 Å². The van der Waals surface area contributed by atoms with Gasteiger partial charge in [-0.15, -0.1) is 0 Å². The summed E-state index contributed by atoms with van der Waals surface area (Å²) in [6, 6.07) is 0. The van der Waals surface area contributed by atoms with Crippen molar-refractivity contribution in [3.63, 3.8) is 0 Å². The zero-order valence-corrected chi connectivity index (χ0v) is 22.5. The first-order valence-electron chi connectivity index (χ1n) is 13.3. The van der Waals surface area contributed by atoms with Gasteiger partial charge in [0.1, 0.15) is 0 Å². The van der Waals surface area contributed by atoms with Crippen molar-refractivity contribution in [2.45, 2.75) is 144 Å². The molecule has 2 unspecified atom stereocenters. The van der Waals surface area contributed by atoms with Crippen molar-refractivity contribution >= 4 is 0 Å². The predicted molar refractivity (Wildman–Crippen MR) is 138 cm³/mol. The predicted octanol–water partition coefficient (Wildman–Crippen LogP) is 7.35. The van der Waals surface area contributed by atoms with Crippen LogP contribution in [0.2, 0.25) is 0 Å². The molecule has 0 radical (unpaired) electrons. The molecule has 0 bridgehead atoms. The van der Waals surface area contributed by atoms with E-state index in [1.165, 1.54) is 44.9 Å². The zero-order valence-electron chi connectivity index (χ0n) is 22.5. The Morgan fingerprint density at radius 1 is 0.688 bits per heavy atom. The van der Waals surface area contributed by atoms with Gasteiger partial charge in [0.25, 0.3) is 0 Å². The van der Waals surface area contributed by atoms with Gasteiger partial charge in [-0.2, -0.15) is 0 Å². The molecule has 0 saturated heterocycles. The monoisotopic (exact) mass is 450 g/mol. The lowest BCUT2D eigenvalue weighted by molar-refractivity contribution is 0.0370. The van der Waals surface area contributed by atoms with E-state index in [0.29, 0.717) is 18.8 Å². The van der Waals surface area contributed by atoms with Crippen LogP contribution in [0.4, 0.5) is 0 Å². The second-order valence-corrected chi connectivity index (χ2v) is 11.7. The molecule has 3 heteroatoms. The Morgan fingerprint density at radius 2 is 1.16 bits per heavy atom. The fourth-order valence-electron chi connectivity index (χ4n) is 5.08. The average Bonchev–Trinajstić information content (AvgIpc) is 2.70. The first-order valence-corrected chi connectivity index (χ1v) is 13.3. The van der Waals surface area contributed by atoms with Gasteiger partial charge < -0.3 is 15.3 Å². The molecule has 0 aromatic heterocycles. The number of rotatable bonds is 15. The van der Waals surface area contributed by atoms with Gasteiger partial charge in [0.15, 0.2) is 0 Å². The lowest BCUT2D eigenvalue weighted by atomic mass is 9.80. The largest absolute Gasteiger partial charge is 0.390 e. The molecule has 32 heavy (non-hydrogen) atoms. The van der Waals surface area contributed by atoms with Crippen molar-refractivity contribution in [1.82, 2.24) is 0 Å². The summed E-state index contributed by atoms with van der Waals surface area (Å²) >= 11 is 0. The van der Waals surface area contributed by atoms with E-state index in [1.54, 1.807) is 0 Å². The van der Waals surface area contributed by atoms with Crippen molar-refractivity contribution in [2.24, 2.45) is 17.8 Å². The Bertz CT molecular complexity index is 614. The molecule has 0 heterocycles. The molecule has 1 rings (SSSR count). The first-order chi connectivity index (χ1) is 14.9. The molecule has 3 N–H and O–H groups in total. The molecule has 0 aromatic rings. The number of aliphatic hydroxyl groups excluding tert-OH is 2. The van der Waals surface area contributed by atoms with E-state index in [4.69, 9.17) is 0 Å². The van der Waals surface area contributed by atoms with Crippen molar-refractivity contribution < 1.29 is 15.3 Å². The number of hydrogen-bond acceptors (Lipinski definition) is 3. The summed E-state index contributed by atoms with van der Waals surface area (Å²) in [5.74, 6) is 2.38. The molecule has 0 saturated carbocycles. The Morgan fingerprint density at radius 3 is 1.69 bits per heavy atom. The summed E-state index contributed by atoms with van der Waals surface area (Å²) in [5, 5.41) is 31.9. The van der Waals surface area contributed by atoms with Crippen molar-refractivity contribution in [1.29, 1.82) is 0 Å². The molecule has 0 fully saturated rings. The van der Waals surface area contributed by atoms with Crippen molar-refractivity contribution in [3.05, 3.63) is 22.3 Å². The third-order valence-corrected chi connectivity index (χ3v) is 7.91. The van der Waals surface area contributed by atoms with E-state index < -0.39 is 17.8 Å². The van der Waals surface area contributed by atoms with E-state index in [9.17, 15) is 15.3 Å². The van der Waals surface area contributed by atoms with Gasteiger partial charge in [0.05, 0.1) is 17.8 Å².